The summed E-state index contributed by atoms with van der Waals surface area (Å²) in [5.41, 5.74) is 1.87. The Morgan fingerprint density at radius 1 is 1.35 bits per heavy atom. The van der Waals surface area contributed by atoms with Gasteiger partial charge in [-0.25, -0.2) is 0 Å². The lowest BCUT2D eigenvalue weighted by atomic mass is 10.2. The molecule has 106 valence electrons. The zero-order chi connectivity index (χ0) is 13.9. The van der Waals surface area contributed by atoms with Crippen molar-refractivity contribution in [1.82, 2.24) is 19.9 Å². The van der Waals surface area contributed by atoms with Gasteiger partial charge in [0, 0.05) is 13.1 Å². The van der Waals surface area contributed by atoms with Crippen molar-refractivity contribution in [3.05, 3.63) is 42.2 Å². The zero-order valence-corrected chi connectivity index (χ0v) is 11.7. The minimum absolute atomic E-state index is 0.204. The highest BCUT2D eigenvalue weighted by atomic mass is 16.3. The highest BCUT2D eigenvalue weighted by Gasteiger charge is 2.30. The molecule has 0 bridgehead atoms. The normalized spacial score (nSPS) is 16.6. The third-order valence-corrected chi connectivity index (χ3v) is 3.62. The summed E-state index contributed by atoms with van der Waals surface area (Å²) in [6, 6.07) is 9.86. The maximum Gasteiger partial charge on any atom is 0.0971 e. The summed E-state index contributed by atoms with van der Waals surface area (Å²) < 4.78 is 0. The highest BCUT2D eigenvalue weighted by molar-refractivity contribution is 5.28. The lowest BCUT2D eigenvalue weighted by molar-refractivity contribution is 0.103. The first-order chi connectivity index (χ1) is 9.72. The first-order valence-corrected chi connectivity index (χ1v) is 7.05. The van der Waals surface area contributed by atoms with Crippen LogP contribution in [0.5, 0.6) is 0 Å². The molecular weight excluding hydrogens is 252 g/mol. The van der Waals surface area contributed by atoms with E-state index in [1.807, 2.05) is 37.4 Å². The van der Waals surface area contributed by atoms with Gasteiger partial charge >= 0.3 is 0 Å². The summed E-state index contributed by atoms with van der Waals surface area (Å²) >= 11 is 0. The molecule has 1 N–H and O–H groups in total. The van der Waals surface area contributed by atoms with E-state index in [1.54, 1.807) is 11.0 Å². The average Bonchev–Trinajstić information content (AvgIpc) is 3.21. The molecule has 5 nitrogen and oxygen atoms in total. The van der Waals surface area contributed by atoms with Gasteiger partial charge in [0.1, 0.15) is 0 Å². The number of aromatic nitrogens is 3. The molecule has 0 saturated heterocycles. The van der Waals surface area contributed by atoms with E-state index in [-0.39, 0.29) is 6.10 Å². The van der Waals surface area contributed by atoms with Crippen LogP contribution in [0.2, 0.25) is 0 Å². The molecule has 0 spiro atoms. The van der Waals surface area contributed by atoms with Gasteiger partial charge in [0.15, 0.2) is 0 Å². The molecular formula is C15H20N4O. The SMILES string of the molecule is CN(Cc1cnn(-c2ccccc2)n1)CC(O)C1CC1. The zero-order valence-electron chi connectivity index (χ0n) is 11.7. The van der Waals surface area contributed by atoms with Crippen LogP contribution < -0.4 is 0 Å². The molecule has 1 aromatic heterocycles. The van der Waals surface area contributed by atoms with E-state index in [0.29, 0.717) is 19.0 Å². The van der Waals surface area contributed by atoms with Crippen molar-refractivity contribution in [3.8, 4) is 5.69 Å². The molecule has 1 saturated carbocycles. The van der Waals surface area contributed by atoms with Crippen LogP contribution in [0.1, 0.15) is 18.5 Å². The first-order valence-electron chi connectivity index (χ1n) is 7.05. The van der Waals surface area contributed by atoms with Gasteiger partial charge in [-0.2, -0.15) is 15.0 Å². The predicted octanol–water partition coefficient (Wildman–Crippen LogP) is 1.47. The Morgan fingerprint density at radius 3 is 2.80 bits per heavy atom. The number of hydrogen-bond acceptors (Lipinski definition) is 4. The Kier molecular flexibility index (Phi) is 3.80. The maximum absolute atomic E-state index is 9.94. The van der Waals surface area contributed by atoms with Crippen molar-refractivity contribution in [2.75, 3.05) is 13.6 Å². The molecule has 3 rings (SSSR count). The largest absolute Gasteiger partial charge is 0.392 e. The summed E-state index contributed by atoms with van der Waals surface area (Å²) in [6.45, 7) is 1.40. The van der Waals surface area contributed by atoms with E-state index >= 15 is 0 Å². The minimum Gasteiger partial charge on any atom is -0.392 e. The second-order valence-corrected chi connectivity index (χ2v) is 5.56. The summed E-state index contributed by atoms with van der Waals surface area (Å²) in [5, 5.41) is 18.7. The van der Waals surface area contributed by atoms with E-state index in [2.05, 4.69) is 15.1 Å². The number of para-hydroxylation sites is 1. The van der Waals surface area contributed by atoms with Crippen LogP contribution in [0.25, 0.3) is 5.69 Å². The minimum atomic E-state index is -0.204. The van der Waals surface area contributed by atoms with Gasteiger partial charge < -0.3 is 5.11 Å². The Hall–Kier alpha value is -1.72. The smallest absolute Gasteiger partial charge is 0.0971 e. The van der Waals surface area contributed by atoms with E-state index in [0.717, 1.165) is 11.4 Å². The van der Waals surface area contributed by atoms with Crippen molar-refractivity contribution in [3.63, 3.8) is 0 Å². The molecule has 1 heterocycles. The van der Waals surface area contributed by atoms with Crippen molar-refractivity contribution >= 4 is 0 Å². The Balaban J connectivity index is 1.59. The average molecular weight is 272 g/mol. The van der Waals surface area contributed by atoms with Gasteiger partial charge in [-0.15, -0.1) is 0 Å². The van der Waals surface area contributed by atoms with Gasteiger partial charge in [0.05, 0.1) is 23.7 Å². The summed E-state index contributed by atoms with van der Waals surface area (Å²) in [5.74, 6) is 0.512. The Labute approximate surface area is 118 Å². The number of rotatable bonds is 6. The van der Waals surface area contributed by atoms with E-state index < -0.39 is 0 Å². The maximum atomic E-state index is 9.94. The third kappa shape index (κ3) is 3.23. The van der Waals surface area contributed by atoms with Gasteiger partial charge in [-0.3, -0.25) is 4.90 Å². The molecule has 1 aliphatic carbocycles. The second kappa shape index (κ2) is 5.73. The van der Waals surface area contributed by atoms with Crippen molar-refractivity contribution < 1.29 is 5.11 Å². The quantitative estimate of drug-likeness (QED) is 0.865. The molecule has 0 aliphatic heterocycles. The molecule has 2 aromatic rings. The van der Waals surface area contributed by atoms with Crippen molar-refractivity contribution in [1.29, 1.82) is 0 Å². The number of nitrogens with zero attached hydrogens (tertiary/aromatic N) is 4. The number of hydrogen-bond donors (Lipinski definition) is 1. The van der Waals surface area contributed by atoms with Crippen LogP contribution in [0.3, 0.4) is 0 Å². The summed E-state index contributed by atoms with van der Waals surface area (Å²) in [4.78, 5) is 3.74. The monoisotopic (exact) mass is 272 g/mol. The van der Waals surface area contributed by atoms with Crippen LogP contribution >= 0.6 is 0 Å². The third-order valence-electron chi connectivity index (χ3n) is 3.62. The molecule has 5 heteroatoms. The Morgan fingerprint density at radius 2 is 2.10 bits per heavy atom. The fraction of sp³-hybridized carbons (Fsp3) is 0.467. The fourth-order valence-corrected chi connectivity index (χ4v) is 2.34. The van der Waals surface area contributed by atoms with Gasteiger partial charge in [-0.05, 0) is 37.9 Å². The van der Waals surface area contributed by atoms with E-state index in [1.165, 1.54) is 12.8 Å². The molecule has 1 unspecified atom stereocenters. The second-order valence-electron chi connectivity index (χ2n) is 5.56. The summed E-state index contributed by atoms with van der Waals surface area (Å²) in [6.07, 6.45) is 3.91. The standard InChI is InChI=1S/C15H20N4O/c1-18(11-15(20)12-7-8-12)10-13-9-16-19(17-13)14-5-3-2-4-6-14/h2-6,9,12,15,20H,7-8,10-11H2,1H3. The van der Waals surface area contributed by atoms with E-state index in [9.17, 15) is 5.11 Å². The number of aliphatic hydroxyl groups is 1. The van der Waals surface area contributed by atoms with Gasteiger partial charge in [0.2, 0.25) is 0 Å². The molecule has 1 fully saturated rings. The van der Waals surface area contributed by atoms with Crippen LogP contribution in [0.4, 0.5) is 0 Å². The fourth-order valence-electron chi connectivity index (χ4n) is 2.34. The van der Waals surface area contributed by atoms with Gasteiger partial charge in [-0.1, -0.05) is 18.2 Å². The van der Waals surface area contributed by atoms with Crippen molar-refractivity contribution in [2.24, 2.45) is 5.92 Å². The highest BCUT2D eigenvalue weighted by Crippen LogP contribution is 2.32. The van der Waals surface area contributed by atoms with Crippen molar-refractivity contribution in [2.45, 2.75) is 25.5 Å². The molecule has 1 atom stereocenters. The topological polar surface area (TPSA) is 54.2 Å². The number of likely N-dealkylation sites (N-methyl/N-ethyl adjacent to an activating group) is 1. The molecule has 0 amide bonds. The van der Waals surface area contributed by atoms with E-state index in [4.69, 9.17) is 0 Å². The number of aliphatic hydroxyl groups excluding tert-OH is 1. The molecule has 1 aliphatic rings. The predicted molar refractivity (Wildman–Crippen MR) is 76.4 cm³/mol. The molecule has 0 radical (unpaired) electrons. The summed E-state index contributed by atoms with van der Waals surface area (Å²) in [7, 11) is 2.01. The number of benzene rings is 1. The Bertz CT molecular complexity index is 550. The van der Waals surface area contributed by atoms with Gasteiger partial charge in [0.25, 0.3) is 0 Å². The first kappa shape index (κ1) is 13.3. The van der Waals surface area contributed by atoms with Crippen LogP contribution in [-0.4, -0.2) is 44.7 Å². The molecule has 20 heavy (non-hydrogen) atoms. The lowest BCUT2D eigenvalue weighted by Gasteiger charge is -2.18. The molecule has 1 aromatic carbocycles. The lowest BCUT2D eigenvalue weighted by Crippen LogP contribution is -2.30. The van der Waals surface area contributed by atoms with Crippen LogP contribution in [-0.2, 0) is 6.54 Å². The van der Waals surface area contributed by atoms with Crippen LogP contribution in [0, 0.1) is 5.92 Å². The van der Waals surface area contributed by atoms with Crippen LogP contribution in [0.15, 0.2) is 36.5 Å².